The van der Waals surface area contributed by atoms with Crippen molar-refractivity contribution in [1.82, 2.24) is 0 Å². The summed E-state index contributed by atoms with van der Waals surface area (Å²) in [5, 5.41) is 0. The topological polar surface area (TPSA) is 61.6 Å². The van der Waals surface area contributed by atoms with Crippen molar-refractivity contribution in [2.75, 3.05) is 5.73 Å². The molecule has 4 nitrogen and oxygen atoms in total. The van der Waals surface area contributed by atoms with Crippen LogP contribution in [0, 0.1) is 5.82 Å². The third-order valence-electron chi connectivity index (χ3n) is 3.75. The standard InChI is InChI=1S/C21H18FNO3/c22-18-8-4-7-16(11-18)14-25-20-12-17(9-10-19(20)23)21(24)26-13-15-5-2-1-3-6-15/h1-12H,13-14,23H2. The summed E-state index contributed by atoms with van der Waals surface area (Å²) in [6.45, 7) is 0.327. The molecule has 132 valence electrons. The summed E-state index contributed by atoms with van der Waals surface area (Å²) in [7, 11) is 0. The second-order valence-electron chi connectivity index (χ2n) is 5.73. The van der Waals surface area contributed by atoms with E-state index in [0.29, 0.717) is 22.6 Å². The van der Waals surface area contributed by atoms with Crippen LogP contribution in [-0.4, -0.2) is 5.97 Å². The summed E-state index contributed by atoms with van der Waals surface area (Å²) in [6, 6.07) is 20.2. The highest BCUT2D eigenvalue weighted by molar-refractivity contribution is 5.90. The fourth-order valence-corrected chi connectivity index (χ4v) is 2.38. The van der Waals surface area contributed by atoms with Gasteiger partial charge < -0.3 is 15.2 Å². The monoisotopic (exact) mass is 351 g/mol. The van der Waals surface area contributed by atoms with Gasteiger partial charge in [0.15, 0.2) is 0 Å². The normalized spacial score (nSPS) is 10.3. The van der Waals surface area contributed by atoms with Crippen LogP contribution in [0.5, 0.6) is 5.75 Å². The van der Waals surface area contributed by atoms with Crippen LogP contribution in [0.15, 0.2) is 72.8 Å². The lowest BCUT2D eigenvalue weighted by Crippen LogP contribution is -2.07. The minimum absolute atomic E-state index is 0.143. The van der Waals surface area contributed by atoms with Gasteiger partial charge in [-0.05, 0) is 41.5 Å². The Balaban J connectivity index is 1.65. The number of nitrogens with two attached hydrogens (primary N) is 1. The third-order valence-corrected chi connectivity index (χ3v) is 3.75. The summed E-state index contributed by atoms with van der Waals surface area (Å²) in [6.07, 6.45) is 0. The van der Waals surface area contributed by atoms with E-state index in [1.165, 1.54) is 18.2 Å². The first-order valence-electron chi connectivity index (χ1n) is 8.09. The van der Waals surface area contributed by atoms with Crippen LogP contribution < -0.4 is 10.5 Å². The number of nitrogen functional groups attached to an aromatic ring is 1. The Morgan fingerprint density at radius 3 is 2.42 bits per heavy atom. The van der Waals surface area contributed by atoms with Crippen LogP contribution in [0.4, 0.5) is 10.1 Å². The van der Waals surface area contributed by atoms with Crippen LogP contribution in [-0.2, 0) is 18.0 Å². The molecule has 0 heterocycles. The molecule has 0 aliphatic rings. The summed E-state index contributed by atoms with van der Waals surface area (Å²) in [5.41, 5.74) is 8.19. The first kappa shape index (κ1) is 17.5. The molecule has 3 rings (SSSR count). The van der Waals surface area contributed by atoms with Crippen LogP contribution in [0.3, 0.4) is 0 Å². The smallest absolute Gasteiger partial charge is 0.338 e. The van der Waals surface area contributed by atoms with Gasteiger partial charge in [-0.1, -0.05) is 42.5 Å². The molecule has 0 spiro atoms. The molecule has 3 aromatic rings. The zero-order valence-corrected chi connectivity index (χ0v) is 14.0. The average Bonchev–Trinajstić information content (AvgIpc) is 2.66. The van der Waals surface area contributed by atoms with Gasteiger partial charge in [0.05, 0.1) is 11.3 Å². The Morgan fingerprint density at radius 1 is 0.885 bits per heavy atom. The molecule has 0 atom stereocenters. The van der Waals surface area contributed by atoms with E-state index in [1.54, 1.807) is 24.3 Å². The average molecular weight is 351 g/mol. The molecule has 26 heavy (non-hydrogen) atoms. The van der Waals surface area contributed by atoms with Crippen molar-refractivity contribution in [3.05, 3.63) is 95.3 Å². The van der Waals surface area contributed by atoms with E-state index in [0.717, 1.165) is 5.56 Å². The highest BCUT2D eigenvalue weighted by atomic mass is 19.1. The predicted octanol–water partition coefficient (Wildman–Crippen LogP) is 4.34. The van der Waals surface area contributed by atoms with Gasteiger partial charge in [-0.15, -0.1) is 0 Å². The number of halogens is 1. The molecule has 0 unspecified atom stereocenters. The number of rotatable bonds is 6. The van der Waals surface area contributed by atoms with Gasteiger partial charge in [0.2, 0.25) is 0 Å². The number of benzene rings is 3. The molecule has 0 bridgehead atoms. The molecule has 0 saturated heterocycles. The molecule has 2 N–H and O–H groups in total. The van der Waals surface area contributed by atoms with E-state index in [2.05, 4.69) is 0 Å². The van der Waals surface area contributed by atoms with Gasteiger partial charge in [-0.25, -0.2) is 9.18 Å². The van der Waals surface area contributed by atoms with Crippen molar-refractivity contribution < 1.29 is 18.7 Å². The number of esters is 1. The number of hydrogen-bond donors (Lipinski definition) is 1. The Labute approximate surface area is 151 Å². The molecular formula is C21H18FNO3. The first-order chi connectivity index (χ1) is 12.6. The third kappa shape index (κ3) is 4.60. The van der Waals surface area contributed by atoms with E-state index < -0.39 is 5.97 Å². The first-order valence-corrected chi connectivity index (χ1v) is 8.09. The van der Waals surface area contributed by atoms with Gasteiger partial charge in [0, 0.05) is 0 Å². The molecular weight excluding hydrogens is 333 g/mol. The molecule has 0 radical (unpaired) electrons. The van der Waals surface area contributed by atoms with Gasteiger partial charge in [0.1, 0.15) is 24.8 Å². The highest BCUT2D eigenvalue weighted by Gasteiger charge is 2.11. The van der Waals surface area contributed by atoms with Crippen molar-refractivity contribution >= 4 is 11.7 Å². The number of carbonyl (C=O) groups is 1. The van der Waals surface area contributed by atoms with Crippen molar-refractivity contribution in [2.45, 2.75) is 13.2 Å². The number of hydrogen-bond acceptors (Lipinski definition) is 4. The maximum absolute atomic E-state index is 13.2. The van der Waals surface area contributed by atoms with Crippen molar-refractivity contribution in [3.8, 4) is 5.75 Å². The Bertz CT molecular complexity index is 897. The minimum Gasteiger partial charge on any atom is -0.487 e. The number of ether oxygens (including phenoxy) is 2. The van der Waals surface area contributed by atoms with Gasteiger partial charge >= 0.3 is 5.97 Å². The molecule has 0 aliphatic heterocycles. The second kappa shape index (κ2) is 8.16. The second-order valence-corrected chi connectivity index (χ2v) is 5.73. The van der Waals surface area contributed by atoms with Crippen molar-refractivity contribution in [1.29, 1.82) is 0 Å². The summed E-state index contributed by atoms with van der Waals surface area (Å²) < 4.78 is 24.2. The molecule has 0 amide bonds. The zero-order valence-electron chi connectivity index (χ0n) is 14.0. The molecule has 0 aromatic heterocycles. The van der Waals surface area contributed by atoms with Gasteiger partial charge in [-0.3, -0.25) is 0 Å². The van der Waals surface area contributed by atoms with Crippen molar-refractivity contribution in [3.63, 3.8) is 0 Å². The minimum atomic E-state index is -0.468. The predicted molar refractivity (Wildman–Crippen MR) is 97.1 cm³/mol. The largest absolute Gasteiger partial charge is 0.487 e. The van der Waals surface area contributed by atoms with Crippen LogP contribution >= 0.6 is 0 Å². The van der Waals surface area contributed by atoms with Gasteiger partial charge in [-0.2, -0.15) is 0 Å². The Morgan fingerprint density at radius 2 is 1.65 bits per heavy atom. The maximum Gasteiger partial charge on any atom is 0.338 e. The van der Waals surface area contributed by atoms with Crippen molar-refractivity contribution in [2.24, 2.45) is 0 Å². The SMILES string of the molecule is Nc1ccc(C(=O)OCc2ccccc2)cc1OCc1cccc(F)c1. The summed E-state index contributed by atoms with van der Waals surface area (Å²) in [4.78, 5) is 12.2. The van der Waals surface area contributed by atoms with E-state index >= 15 is 0 Å². The van der Waals surface area contributed by atoms with Crippen LogP contribution in [0.25, 0.3) is 0 Å². The summed E-state index contributed by atoms with van der Waals surface area (Å²) >= 11 is 0. The maximum atomic E-state index is 13.2. The highest BCUT2D eigenvalue weighted by Crippen LogP contribution is 2.24. The molecule has 3 aromatic carbocycles. The lowest BCUT2D eigenvalue weighted by molar-refractivity contribution is 0.0472. The number of anilines is 1. The molecule has 0 fully saturated rings. The quantitative estimate of drug-likeness (QED) is 0.530. The van der Waals surface area contributed by atoms with E-state index in [4.69, 9.17) is 15.2 Å². The molecule has 5 heteroatoms. The lowest BCUT2D eigenvalue weighted by atomic mass is 10.2. The molecule has 0 saturated carbocycles. The van der Waals surface area contributed by atoms with E-state index in [1.807, 2.05) is 30.3 Å². The Hall–Kier alpha value is -3.34. The fraction of sp³-hybridized carbons (Fsp3) is 0.0952. The Kier molecular flexibility index (Phi) is 5.49. The summed E-state index contributed by atoms with van der Waals surface area (Å²) in [5.74, 6) is -0.454. The van der Waals surface area contributed by atoms with E-state index in [9.17, 15) is 9.18 Å². The van der Waals surface area contributed by atoms with Gasteiger partial charge in [0.25, 0.3) is 0 Å². The lowest BCUT2D eigenvalue weighted by Gasteiger charge is -2.11. The zero-order chi connectivity index (χ0) is 18.4. The fourth-order valence-electron chi connectivity index (χ4n) is 2.38. The number of carbonyl (C=O) groups excluding carboxylic acids is 1. The van der Waals surface area contributed by atoms with Crippen LogP contribution in [0.2, 0.25) is 0 Å². The molecule has 0 aliphatic carbocycles. The van der Waals surface area contributed by atoms with E-state index in [-0.39, 0.29) is 19.0 Å². The van der Waals surface area contributed by atoms with Crippen LogP contribution in [0.1, 0.15) is 21.5 Å².